The van der Waals surface area contributed by atoms with Crippen molar-refractivity contribution in [2.24, 2.45) is 10.2 Å². The fourth-order valence-corrected chi connectivity index (χ4v) is 3.48. The second-order valence-electron chi connectivity index (χ2n) is 5.67. The number of thioether (sulfide) groups is 1. The zero-order valence-electron chi connectivity index (χ0n) is 14.5. The largest absolute Gasteiger partial charge is 0.496 e. The molecule has 1 aliphatic rings. The van der Waals surface area contributed by atoms with E-state index in [1.54, 1.807) is 13.3 Å². The van der Waals surface area contributed by atoms with E-state index < -0.39 is 11.2 Å². The Hall–Kier alpha value is -3.13. The molecular formula is C19H17N3O4S. The van der Waals surface area contributed by atoms with Crippen LogP contribution in [0.25, 0.3) is 11.1 Å². The fourth-order valence-electron chi connectivity index (χ4n) is 2.56. The number of carbonyl (C=O) groups is 2. The third kappa shape index (κ3) is 4.73. The predicted octanol–water partition coefficient (Wildman–Crippen LogP) is 2.76. The van der Waals surface area contributed by atoms with Crippen LogP contribution >= 0.6 is 11.8 Å². The lowest BCUT2D eigenvalue weighted by molar-refractivity contribution is -0.138. The lowest BCUT2D eigenvalue weighted by atomic mass is 10.0. The summed E-state index contributed by atoms with van der Waals surface area (Å²) in [7, 11) is 1.63. The molecule has 1 aliphatic heterocycles. The summed E-state index contributed by atoms with van der Waals surface area (Å²) in [5.74, 6) is -0.614. The van der Waals surface area contributed by atoms with Crippen LogP contribution in [0.1, 0.15) is 12.0 Å². The van der Waals surface area contributed by atoms with Crippen LogP contribution in [0.15, 0.2) is 58.7 Å². The molecule has 1 saturated heterocycles. The number of para-hydroxylation sites is 1. The Labute approximate surface area is 160 Å². The van der Waals surface area contributed by atoms with Gasteiger partial charge in [0.25, 0.3) is 0 Å². The molecule has 2 N–H and O–H groups in total. The number of methoxy groups -OCH3 is 1. The molecule has 0 bridgehead atoms. The van der Waals surface area contributed by atoms with Crippen molar-refractivity contribution in [1.82, 2.24) is 5.32 Å². The molecule has 1 fully saturated rings. The second kappa shape index (κ2) is 8.50. The number of nitrogens with one attached hydrogen (secondary N) is 1. The van der Waals surface area contributed by atoms with Crippen LogP contribution in [0.3, 0.4) is 0 Å². The normalized spacial score (nSPS) is 18.0. The number of carboxylic acids is 1. The van der Waals surface area contributed by atoms with Gasteiger partial charge < -0.3 is 15.2 Å². The number of amidine groups is 1. The molecule has 0 aromatic heterocycles. The third-order valence-electron chi connectivity index (χ3n) is 3.80. The molecular weight excluding hydrogens is 366 g/mol. The Balaban J connectivity index is 1.73. The van der Waals surface area contributed by atoms with E-state index >= 15 is 0 Å². The number of carboxylic acid groups (broad SMARTS) is 1. The fraction of sp³-hybridized carbons (Fsp3) is 0.158. The molecule has 138 valence electrons. The maximum Gasteiger partial charge on any atom is 0.305 e. The molecule has 0 spiro atoms. The van der Waals surface area contributed by atoms with Gasteiger partial charge in [0.15, 0.2) is 5.17 Å². The average Bonchev–Trinajstić information content (AvgIpc) is 3.00. The third-order valence-corrected chi connectivity index (χ3v) is 4.87. The van der Waals surface area contributed by atoms with Crippen LogP contribution in [0.5, 0.6) is 5.75 Å². The Kier molecular flexibility index (Phi) is 5.87. The molecule has 0 saturated carbocycles. The second-order valence-corrected chi connectivity index (χ2v) is 6.86. The Morgan fingerprint density at radius 1 is 1.30 bits per heavy atom. The van der Waals surface area contributed by atoms with Gasteiger partial charge in [-0.1, -0.05) is 48.2 Å². The van der Waals surface area contributed by atoms with Gasteiger partial charge in [-0.15, -0.1) is 5.10 Å². The summed E-state index contributed by atoms with van der Waals surface area (Å²) >= 11 is 1.07. The van der Waals surface area contributed by atoms with E-state index in [0.717, 1.165) is 34.2 Å². The van der Waals surface area contributed by atoms with Gasteiger partial charge in [0.2, 0.25) is 5.91 Å². The molecule has 1 atom stereocenters. The van der Waals surface area contributed by atoms with E-state index in [1.165, 1.54) is 0 Å². The molecule has 2 aromatic rings. The van der Waals surface area contributed by atoms with Crippen molar-refractivity contribution in [2.75, 3.05) is 7.11 Å². The van der Waals surface area contributed by atoms with Gasteiger partial charge in [0.1, 0.15) is 11.0 Å². The monoisotopic (exact) mass is 383 g/mol. The molecule has 8 heteroatoms. The minimum absolute atomic E-state index is 0.250. The highest BCUT2D eigenvalue weighted by Crippen LogP contribution is 2.29. The van der Waals surface area contributed by atoms with Crippen molar-refractivity contribution in [3.63, 3.8) is 0 Å². The van der Waals surface area contributed by atoms with Crippen LogP contribution in [0, 0.1) is 0 Å². The van der Waals surface area contributed by atoms with Gasteiger partial charge in [-0.2, -0.15) is 5.10 Å². The first kappa shape index (κ1) is 18.7. The first-order valence-corrected chi connectivity index (χ1v) is 8.98. The quantitative estimate of drug-likeness (QED) is 0.590. The maximum absolute atomic E-state index is 11.7. The standard InChI is InChI=1S/C19H17N3O4S/c1-26-15-8-3-2-7-14(15)13-6-4-5-12(9-13)11-20-22-19-21-18(25)16(27-19)10-17(23)24/h2-9,11,16H,10H2,1H3,(H,23,24)(H,21,22,25). The van der Waals surface area contributed by atoms with Gasteiger partial charge in [-0.25, -0.2) is 0 Å². The van der Waals surface area contributed by atoms with Gasteiger partial charge in [0, 0.05) is 5.56 Å². The minimum Gasteiger partial charge on any atom is -0.496 e. The number of amides is 1. The van der Waals surface area contributed by atoms with Crippen LogP contribution in [-0.4, -0.2) is 40.7 Å². The first-order valence-electron chi connectivity index (χ1n) is 8.10. The summed E-state index contributed by atoms with van der Waals surface area (Å²) in [5.41, 5.74) is 2.78. The summed E-state index contributed by atoms with van der Waals surface area (Å²) in [6.45, 7) is 0. The van der Waals surface area contributed by atoms with E-state index in [2.05, 4.69) is 15.5 Å². The number of hydrogen-bond donors (Lipinski definition) is 2. The van der Waals surface area contributed by atoms with E-state index in [1.807, 2.05) is 48.5 Å². The summed E-state index contributed by atoms with van der Waals surface area (Å²) in [6.07, 6.45) is 1.32. The number of nitrogens with zero attached hydrogens (tertiary/aromatic N) is 2. The first-order chi connectivity index (χ1) is 13.1. The number of rotatable bonds is 6. The van der Waals surface area contributed by atoms with Gasteiger partial charge in [-0.3, -0.25) is 9.59 Å². The van der Waals surface area contributed by atoms with E-state index in [4.69, 9.17) is 9.84 Å². The van der Waals surface area contributed by atoms with Crippen molar-refractivity contribution in [1.29, 1.82) is 0 Å². The zero-order valence-corrected chi connectivity index (χ0v) is 15.3. The SMILES string of the molecule is COc1ccccc1-c1cccc(C=NN=C2NC(=O)C(CC(=O)O)S2)c1. The van der Waals surface area contributed by atoms with Crippen molar-refractivity contribution in [3.8, 4) is 16.9 Å². The van der Waals surface area contributed by atoms with Crippen molar-refractivity contribution < 1.29 is 19.4 Å². The molecule has 7 nitrogen and oxygen atoms in total. The van der Waals surface area contributed by atoms with Gasteiger partial charge in [0.05, 0.1) is 19.7 Å². The van der Waals surface area contributed by atoms with Crippen molar-refractivity contribution in [2.45, 2.75) is 11.7 Å². The molecule has 27 heavy (non-hydrogen) atoms. The summed E-state index contributed by atoms with van der Waals surface area (Å²) in [5, 5.41) is 18.9. The van der Waals surface area contributed by atoms with Gasteiger partial charge >= 0.3 is 5.97 Å². The lowest BCUT2D eigenvalue weighted by Crippen LogP contribution is -2.26. The van der Waals surface area contributed by atoms with Crippen LogP contribution < -0.4 is 10.1 Å². The summed E-state index contributed by atoms with van der Waals surface area (Å²) in [4.78, 5) is 22.4. The van der Waals surface area contributed by atoms with Crippen molar-refractivity contribution in [3.05, 3.63) is 54.1 Å². The van der Waals surface area contributed by atoms with E-state index in [-0.39, 0.29) is 12.3 Å². The molecule has 1 heterocycles. The predicted molar refractivity (Wildman–Crippen MR) is 105 cm³/mol. The van der Waals surface area contributed by atoms with Crippen LogP contribution in [-0.2, 0) is 9.59 Å². The van der Waals surface area contributed by atoms with Crippen LogP contribution in [0.4, 0.5) is 0 Å². The molecule has 0 radical (unpaired) electrons. The molecule has 2 aromatic carbocycles. The number of carbonyl (C=O) groups excluding carboxylic acids is 1. The number of hydrogen-bond acceptors (Lipinski definition) is 6. The average molecular weight is 383 g/mol. The molecule has 0 aliphatic carbocycles. The highest BCUT2D eigenvalue weighted by atomic mass is 32.2. The van der Waals surface area contributed by atoms with Crippen molar-refractivity contribution >= 4 is 35.0 Å². The molecule has 3 rings (SSSR count). The Bertz CT molecular complexity index is 927. The summed E-state index contributed by atoms with van der Waals surface area (Å²) < 4.78 is 5.40. The minimum atomic E-state index is -1.03. The summed E-state index contributed by atoms with van der Waals surface area (Å²) in [6, 6.07) is 15.5. The molecule has 1 amide bonds. The topological polar surface area (TPSA) is 100 Å². The number of ether oxygens (including phenoxy) is 1. The van der Waals surface area contributed by atoms with Crippen LogP contribution in [0.2, 0.25) is 0 Å². The Morgan fingerprint density at radius 3 is 2.89 bits per heavy atom. The molecule has 1 unspecified atom stereocenters. The number of benzene rings is 2. The Morgan fingerprint density at radius 2 is 2.11 bits per heavy atom. The number of aliphatic carboxylic acids is 1. The van der Waals surface area contributed by atoms with E-state index in [0.29, 0.717) is 5.17 Å². The smallest absolute Gasteiger partial charge is 0.305 e. The van der Waals surface area contributed by atoms with E-state index in [9.17, 15) is 9.59 Å². The zero-order chi connectivity index (χ0) is 19.2. The highest BCUT2D eigenvalue weighted by Gasteiger charge is 2.32. The van der Waals surface area contributed by atoms with Gasteiger partial charge in [-0.05, 0) is 23.3 Å². The highest BCUT2D eigenvalue weighted by molar-refractivity contribution is 8.15. The lowest BCUT2D eigenvalue weighted by Gasteiger charge is -2.08. The maximum atomic E-state index is 11.7.